The molecule has 1 heterocycles. The Kier molecular flexibility index (Phi) is 5.00. The molecule has 1 amide bonds. The zero-order valence-corrected chi connectivity index (χ0v) is 13.4. The number of nitrogens with zero attached hydrogens (tertiary/aromatic N) is 2. The molecule has 0 fully saturated rings. The second-order valence-electron chi connectivity index (χ2n) is 5.06. The van der Waals surface area contributed by atoms with Gasteiger partial charge in [0.2, 0.25) is 11.9 Å². The molecule has 0 aliphatic carbocycles. The van der Waals surface area contributed by atoms with E-state index >= 15 is 0 Å². The number of anilines is 2. The summed E-state index contributed by atoms with van der Waals surface area (Å²) in [7, 11) is 1.57. The maximum absolute atomic E-state index is 12.3. The minimum Gasteiger partial charge on any atom is -0.497 e. The van der Waals surface area contributed by atoms with Gasteiger partial charge in [0.1, 0.15) is 12.3 Å². The lowest BCUT2D eigenvalue weighted by molar-refractivity contribution is -0.116. The molecule has 0 saturated heterocycles. The number of nitrogen functional groups attached to an aromatic ring is 1. The average Bonchev–Trinajstić information content (AvgIpc) is 2.55. The molecule has 0 saturated carbocycles. The zero-order valence-electron chi connectivity index (χ0n) is 13.4. The van der Waals surface area contributed by atoms with Crippen LogP contribution in [0.4, 0.5) is 11.6 Å². The van der Waals surface area contributed by atoms with Crippen molar-refractivity contribution in [3.05, 3.63) is 45.9 Å². The number of hydrogen-bond donors (Lipinski definition) is 2. The van der Waals surface area contributed by atoms with E-state index in [2.05, 4.69) is 10.3 Å². The summed E-state index contributed by atoms with van der Waals surface area (Å²) < 4.78 is 6.23. The number of methoxy groups -OCH3 is 1. The predicted molar refractivity (Wildman–Crippen MR) is 88.6 cm³/mol. The highest BCUT2D eigenvalue weighted by molar-refractivity contribution is 5.90. The van der Waals surface area contributed by atoms with Crippen molar-refractivity contribution in [3.8, 4) is 5.75 Å². The van der Waals surface area contributed by atoms with E-state index in [4.69, 9.17) is 10.5 Å². The van der Waals surface area contributed by atoms with Gasteiger partial charge in [-0.15, -0.1) is 0 Å². The molecule has 3 N–H and O–H groups in total. The second kappa shape index (κ2) is 6.95. The highest BCUT2D eigenvalue weighted by atomic mass is 16.5. The van der Waals surface area contributed by atoms with Crippen molar-refractivity contribution in [3.63, 3.8) is 0 Å². The van der Waals surface area contributed by atoms with Crippen molar-refractivity contribution in [2.45, 2.75) is 26.8 Å². The van der Waals surface area contributed by atoms with Crippen molar-refractivity contribution in [2.24, 2.45) is 0 Å². The van der Waals surface area contributed by atoms with Crippen LogP contribution in [0.3, 0.4) is 0 Å². The lowest BCUT2D eigenvalue weighted by atomic mass is 10.2. The molecule has 0 aliphatic heterocycles. The Morgan fingerprint density at radius 1 is 1.35 bits per heavy atom. The topological polar surface area (TPSA) is 99.2 Å². The van der Waals surface area contributed by atoms with Gasteiger partial charge in [-0.3, -0.25) is 14.2 Å². The monoisotopic (exact) mass is 316 g/mol. The van der Waals surface area contributed by atoms with E-state index in [1.54, 1.807) is 38.3 Å². The number of aromatic nitrogens is 2. The van der Waals surface area contributed by atoms with Crippen LogP contribution in [0.5, 0.6) is 5.75 Å². The summed E-state index contributed by atoms with van der Waals surface area (Å²) >= 11 is 0. The highest BCUT2D eigenvalue weighted by Gasteiger charge is 2.13. The molecule has 7 nitrogen and oxygen atoms in total. The number of rotatable bonds is 5. The van der Waals surface area contributed by atoms with E-state index in [-0.39, 0.29) is 24.0 Å². The molecular formula is C16H20N4O3. The molecule has 122 valence electrons. The van der Waals surface area contributed by atoms with E-state index in [0.29, 0.717) is 29.1 Å². The lowest BCUT2D eigenvalue weighted by Crippen LogP contribution is -2.32. The fraction of sp³-hybridized carbons (Fsp3) is 0.312. The minimum atomic E-state index is -0.352. The maximum Gasteiger partial charge on any atom is 0.258 e. The van der Waals surface area contributed by atoms with Gasteiger partial charge in [-0.2, -0.15) is 0 Å². The van der Waals surface area contributed by atoms with Gasteiger partial charge in [-0.05, 0) is 37.6 Å². The van der Waals surface area contributed by atoms with Gasteiger partial charge in [0.15, 0.2) is 0 Å². The SMILES string of the molecule is CCc1nc(N)n(CC(=O)Nc2ccc(OC)cc2)c(=O)c1C. The van der Waals surface area contributed by atoms with Gasteiger partial charge in [0, 0.05) is 11.3 Å². The molecule has 2 aromatic rings. The number of nitrogens with one attached hydrogen (secondary N) is 1. The predicted octanol–water partition coefficient (Wildman–Crippen LogP) is 1.34. The Hall–Kier alpha value is -2.83. The Morgan fingerprint density at radius 3 is 2.57 bits per heavy atom. The molecule has 0 radical (unpaired) electrons. The van der Waals surface area contributed by atoms with Gasteiger partial charge in [-0.25, -0.2) is 4.98 Å². The number of benzene rings is 1. The van der Waals surface area contributed by atoms with Gasteiger partial charge < -0.3 is 15.8 Å². The molecule has 0 spiro atoms. The van der Waals surface area contributed by atoms with Crippen LogP contribution >= 0.6 is 0 Å². The van der Waals surface area contributed by atoms with Crippen LogP contribution in [0.15, 0.2) is 29.1 Å². The highest BCUT2D eigenvalue weighted by Crippen LogP contribution is 2.15. The molecule has 0 bridgehead atoms. The summed E-state index contributed by atoms with van der Waals surface area (Å²) in [4.78, 5) is 28.6. The van der Waals surface area contributed by atoms with Crippen molar-refractivity contribution < 1.29 is 9.53 Å². The Balaban J connectivity index is 2.17. The van der Waals surface area contributed by atoms with Crippen molar-refractivity contribution in [1.29, 1.82) is 0 Å². The summed E-state index contributed by atoms with van der Waals surface area (Å²) in [5.74, 6) is 0.384. The van der Waals surface area contributed by atoms with E-state index in [0.717, 1.165) is 0 Å². The van der Waals surface area contributed by atoms with Gasteiger partial charge in [0.25, 0.3) is 5.56 Å². The summed E-state index contributed by atoms with van der Waals surface area (Å²) in [5.41, 5.74) is 7.28. The number of carbonyl (C=O) groups excluding carboxylic acids is 1. The van der Waals surface area contributed by atoms with Gasteiger partial charge >= 0.3 is 0 Å². The molecule has 0 unspecified atom stereocenters. The van der Waals surface area contributed by atoms with E-state index < -0.39 is 0 Å². The van der Waals surface area contributed by atoms with E-state index in [1.165, 1.54) is 4.57 Å². The molecule has 23 heavy (non-hydrogen) atoms. The number of ether oxygens (including phenoxy) is 1. The van der Waals surface area contributed by atoms with Gasteiger partial charge in [0.05, 0.1) is 12.8 Å². The van der Waals surface area contributed by atoms with Crippen LogP contribution in [0.2, 0.25) is 0 Å². The summed E-state index contributed by atoms with van der Waals surface area (Å²) in [5, 5.41) is 2.71. The van der Waals surface area contributed by atoms with Crippen LogP contribution in [-0.2, 0) is 17.8 Å². The molecule has 7 heteroatoms. The standard InChI is InChI=1S/C16H20N4O3/c1-4-13-10(2)15(22)20(16(17)19-13)9-14(21)18-11-5-7-12(23-3)8-6-11/h5-8H,4,9H2,1-3H3,(H2,17,19)(H,18,21). The smallest absolute Gasteiger partial charge is 0.258 e. The van der Waals surface area contributed by atoms with Crippen molar-refractivity contribution in [2.75, 3.05) is 18.2 Å². The Morgan fingerprint density at radius 2 is 2.00 bits per heavy atom. The van der Waals surface area contributed by atoms with Crippen LogP contribution < -0.4 is 21.3 Å². The molecule has 1 aromatic carbocycles. The third-order valence-corrected chi connectivity index (χ3v) is 3.54. The first-order valence-electron chi connectivity index (χ1n) is 7.26. The third-order valence-electron chi connectivity index (χ3n) is 3.54. The van der Waals surface area contributed by atoms with Crippen LogP contribution in [0.1, 0.15) is 18.2 Å². The average molecular weight is 316 g/mol. The lowest BCUT2D eigenvalue weighted by Gasteiger charge is -2.12. The van der Waals surface area contributed by atoms with E-state index in [1.807, 2.05) is 6.92 Å². The van der Waals surface area contributed by atoms with E-state index in [9.17, 15) is 9.59 Å². The largest absolute Gasteiger partial charge is 0.497 e. The molecule has 0 aliphatic rings. The van der Waals surface area contributed by atoms with Crippen molar-refractivity contribution >= 4 is 17.5 Å². The fourth-order valence-corrected chi connectivity index (χ4v) is 2.23. The van der Waals surface area contributed by atoms with Crippen molar-refractivity contribution in [1.82, 2.24) is 9.55 Å². The quantitative estimate of drug-likeness (QED) is 0.867. The minimum absolute atomic E-state index is 0.0438. The Bertz CT molecular complexity index is 766. The first-order chi connectivity index (χ1) is 11.0. The fourth-order valence-electron chi connectivity index (χ4n) is 2.23. The summed E-state index contributed by atoms with van der Waals surface area (Å²) in [6.07, 6.45) is 0.615. The summed E-state index contributed by atoms with van der Waals surface area (Å²) in [6.45, 7) is 3.40. The number of nitrogens with two attached hydrogens (primary N) is 1. The van der Waals surface area contributed by atoms with Crippen LogP contribution in [0.25, 0.3) is 0 Å². The normalized spacial score (nSPS) is 10.4. The molecule has 1 aromatic heterocycles. The first kappa shape index (κ1) is 16.5. The first-order valence-corrected chi connectivity index (χ1v) is 7.26. The number of carbonyl (C=O) groups is 1. The maximum atomic E-state index is 12.3. The second-order valence-corrected chi connectivity index (χ2v) is 5.06. The number of aryl methyl sites for hydroxylation is 1. The van der Waals surface area contributed by atoms with Gasteiger partial charge in [-0.1, -0.05) is 6.92 Å². The number of hydrogen-bond acceptors (Lipinski definition) is 5. The third kappa shape index (κ3) is 3.68. The summed E-state index contributed by atoms with van der Waals surface area (Å²) in [6, 6.07) is 6.90. The molecular weight excluding hydrogens is 296 g/mol. The van der Waals surface area contributed by atoms with Crippen LogP contribution in [-0.4, -0.2) is 22.6 Å². The van der Waals surface area contributed by atoms with Crippen LogP contribution in [0, 0.1) is 6.92 Å². The Labute approximate surface area is 134 Å². The molecule has 0 atom stereocenters. The zero-order chi connectivity index (χ0) is 17.0. The number of amides is 1. The molecule has 2 rings (SSSR count).